The van der Waals surface area contributed by atoms with Gasteiger partial charge in [-0.15, -0.1) is 0 Å². The molecule has 16 heavy (non-hydrogen) atoms. The molecule has 0 spiro atoms. The molecule has 0 saturated heterocycles. The number of hydrogen-bond donors (Lipinski definition) is 0. The Morgan fingerprint density at radius 3 is 2.69 bits per heavy atom. The molecule has 1 aliphatic rings. The maximum absolute atomic E-state index is 11.6. The summed E-state index contributed by atoms with van der Waals surface area (Å²) >= 11 is 1.26. The molecular weight excluding hydrogens is 222 g/mol. The third kappa shape index (κ3) is 2.56. The van der Waals surface area contributed by atoms with Crippen molar-refractivity contribution in [3.8, 4) is 5.40 Å². The zero-order chi connectivity index (χ0) is 11.4. The summed E-state index contributed by atoms with van der Waals surface area (Å²) in [5.41, 5.74) is 0.582. The van der Waals surface area contributed by atoms with E-state index in [0.717, 1.165) is 12.8 Å². The lowest BCUT2D eigenvalue weighted by Gasteiger charge is -2.32. The summed E-state index contributed by atoms with van der Waals surface area (Å²) in [5.74, 6) is -0.272. The van der Waals surface area contributed by atoms with Crippen molar-refractivity contribution in [3.05, 3.63) is 35.9 Å². The zero-order valence-corrected chi connectivity index (χ0v) is 9.44. The van der Waals surface area contributed by atoms with Crippen LogP contribution in [-0.4, -0.2) is 17.3 Å². The Morgan fingerprint density at radius 2 is 2.06 bits per heavy atom. The van der Waals surface area contributed by atoms with E-state index in [1.54, 1.807) is 12.1 Å². The number of rotatable bonds is 3. The van der Waals surface area contributed by atoms with Gasteiger partial charge in [0.2, 0.25) is 0 Å². The van der Waals surface area contributed by atoms with E-state index >= 15 is 0 Å². The van der Waals surface area contributed by atoms with Gasteiger partial charge in [-0.1, -0.05) is 18.2 Å². The van der Waals surface area contributed by atoms with Crippen LogP contribution in [0, 0.1) is 10.7 Å². The normalized spacial score (nSPS) is 22.9. The van der Waals surface area contributed by atoms with Crippen molar-refractivity contribution < 1.29 is 9.53 Å². The first kappa shape index (κ1) is 11.0. The second kappa shape index (κ2) is 5.04. The molecule has 1 saturated carbocycles. The zero-order valence-electron chi connectivity index (χ0n) is 8.63. The molecule has 2 rings (SSSR count). The van der Waals surface area contributed by atoms with E-state index in [1.807, 2.05) is 18.2 Å². The minimum atomic E-state index is -0.272. The van der Waals surface area contributed by atoms with Gasteiger partial charge in [0.1, 0.15) is 11.5 Å². The number of thiocyanates is 1. The van der Waals surface area contributed by atoms with Gasteiger partial charge in [0.05, 0.1) is 5.56 Å². The molecule has 0 atom stereocenters. The first-order valence-corrected chi connectivity index (χ1v) is 5.98. The molecule has 0 aliphatic heterocycles. The summed E-state index contributed by atoms with van der Waals surface area (Å²) in [7, 11) is 0. The molecule has 0 radical (unpaired) electrons. The lowest BCUT2D eigenvalue weighted by molar-refractivity contribution is 0.0110. The third-order valence-corrected chi connectivity index (χ3v) is 3.38. The number of carbonyl (C=O) groups excluding carboxylic acids is 1. The number of carbonyl (C=O) groups is 1. The van der Waals surface area contributed by atoms with Crippen LogP contribution in [0.4, 0.5) is 0 Å². The van der Waals surface area contributed by atoms with Crippen molar-refractivity contribution in [2.75, 3.05) is 0 Å². The number of ether oxygens (including phenoxy) is 1. The molecule has 0 aromatic heterocycles. The van der Waals surface area contributed by atoms with Crippen LogP contribution in [0.2, 0.25) is 0 Å². The van der Waals surface area contributed by atoms with E-state index in [-0.39, 0.29) is 12.1 Å². The fourth-order valence-corrected chi connectivity index (χ4v) is 2.35. The largest absolute Gasteiger partial charge is 0.459 e. The Balaban J connectivity index is 1.80. The molecule has 0 N–H and O–H groups in total. The Hall–Kier alpha value is -1.47. The van der Waals surface area contributed by atoms with Crippen LogP contribution in [0.3, 0.4) is 0 Å². The van der Waals surface area contributed by atoms with Gasteiger partial charge in [-0.05, 0) is 36.7 Å². The van der Waals surface area contributed by atoms with Crippen LogP contribution < -0.4 is 0 Å². The molecule has 0 heterocycles. The van der Waals surface area contributed by atoms with Crippen molar-refractivity contribution in [1.29, 1.82) is 5.26 Å². The van der Waals surface area contributed by atoms with Gasteiger partial charge in [-0.3, -0.25) is 0 Å². The second-order valence-corrected chi connectivity index (χ2v) is 4.78. The molecule has 3 nitrogen and oxygen atoms in total. The molecular formula is C12H11NO2S. The first-order chi connectivity index (χ1) is 7.79. The van der Waals surface area contributed by atoms with Crippen LogP contribution >= 0.6 is 11.8 Å². The van der Waals surface area contributed by atoms with Crippen molar-refractivity contribution in [2.24, 2.45) is 0 Å². The Kier molecular flexibility index (Phi) is 3.47. The summed E-state index contributed by atoms with van der Waals surface area (Å²) in [6.45, 7) is 0. The van der Waals surface area contributed by atoms with Gasteiger partial charge in [-0.25, -0.2) is 4.79 Å². The van der Waals surface area contributed by atoms with E-state index in [1.165, 1.54) is 11.8 Å². The highest BCUT2D eigenvalue weighted by Crippen LogP contribution is 2.33. The Bertz CT molecular complexity index is 407. The van der Waals surface area contributed by atoms with Gasteiger partial charge >= 0.3 is 5.97 Å². The highest BCUT2D eigenvalue weighted by molar-refractivity contribution is 8.04. The first-order valence-electron chi connectivity index (χ1n) is 5.10. The van der Waals surface area contributed by atoms with Crippen molar-refractivity contribution in [2.45, 2.75) is 24.2 Å². The highest BCUT2D eigenvalue weighted by atomic mass is 32.2. The monoisotopic (exact) mass is 233 g/mol. The lowest BCUT2D eigenvalue weighted by atomic mass is 9.95. The molecule has 82 valence electrons. The van der Waals surface area contributed by atoms with Gasteiger partial charge in [0.15, 0.2) is 0 Å². The quantitative estimate of drug-likeness (QED) is 0.594. The summed E-state index contributed by atoms with van der Waals surface area (Å²) in [6.07, 6.45) is 1.56. The highest BCUT2D eigenvalue weighted by Gasteiger charge is 2.32. The molecule has 0 bridgehead atoms. The van der Waals surface area contributed by atoms with Crippen LogP contribution in [0.1, 0.15) is 23.2 Å². The molecule has 4 heteroatoms. The Labute approximate surface area is 98.4 Å². The van der Waals surface area contributed by atoms with Crippen LogP contribution in [0.15, 0.2) is 30.3 Å². The van der Waals surface area contributed by atoms with Crippen LogP contribution in [-0.2, 0) is 4.74 Å². The van der Waals surface area contributed by atoms with Gasteiger partial charge in [0, 0.05) is 5.25 Å². The summed E-state index contributed by atoms with van der Waals surface area (Å²) in [4.78, 5) is 11.6. The average molecular weight is 233 g/mol. The SMILES string of the molecule is N#CS[C@H]1C[C@@H](OC(=O)c2ccccc2)C1. The van der Waals surface area contributed by atoms with E-state index < -0.39 is 0 Å². The molecule has 0 amide bonds. The smallest absolute Gasteiger partial charge is 0.338 e. The second-order valence-electron chi connectivity index (χ2n) is 3.70. The van der Waals surface area contributed by atoms with E-state index in [2.05, 4.69) is 5.40 Å². The van der Waals surface area contributed by atoms with Crippen LogP contribution in [0.25, 0.3) is 0 Å². The fraction of sp³-hybridized carbons (Fsp3) is 0.333. The van der Waals surface area contributed by atoms with Gasteiger partial charge in [0.25, 0.3) is 0 Å². The maximum atomic E-state index is 11.6. The van der Waals surface area contributed by atoms with Gasteiger partial charge in [-0.2, -0.15) is 5.26 Å². The molecule has 1 aromatic rings. The number of esters is 1. The number of nitriles is 1. The maximum Gasteiger partial charge on any atom is 0.338 e. The van der Waals surface area contributed by atoms with Crippen molar-refractivity contribution >= 4 is 17.7 Å². The summed E-state index contributed by atoms with van der Waals surface area (Å²) in [5, 5.41) is 10.8. The fourth-order valence-electron chi connectivity index (χ4n) is 1.58. The number of thioether (sulfide) groups is 1. The summed E-state index contributed by atoms with van der Waals surface area (Å²) < 4.78 is 5.29. The third-order valence-electron chi connectivity index (χ3n) is 2.55. The predicted molar refractivity (Wildman–Crippen MR) is 61.9 cm³/mol. The topological polar surface area (TPSA) is 50.1 Å². The Morgan fingerprint density at radius 1 is 1.38 bits per heavy atom. The molecule has 1 aliphatic carbocycles. The minimum Gasteiger partial charge on any atom is -0.459 e. The minimum absolute atomic E-state index is 0.0152. The van der Waals surface area contributed by atoms with E-state index in [9.17, 15) is 4.79 Å². The standard InChI is InChI=1S/C12H11NO2S/c13-8-16-11-6-10(7-11)15-12(14)9-4-2-1-3-5-9/h1-5,10-11H,6-7H2/t10-,11+. The van der Waals surface area contributed by atoms with E-state index in [4.69, 9.17) is 10.00 Å². The predicted octanol–water partition coefficient (Wildman–Crippen LogP) is 2.59. The molecule has 0 unspecified atom stereocenters. The van der Waals surface area contributed by atoms with Crippen molar-refractivity contribution in [1.82, 2.24) is 0 Å². The average Bonchev–Trinajstić information content (AvgIpc) is 2.27. The van der Waals surface area contributed by atoms with Crippen LogP contribution in [0.5, 0.6) is 0 Å². The number of benzene rings is 1. The van der Waals surface area contributed by atoms with Gasteiger partial charge < -0.3 is 4.74 Å². The van der Waals surface area contributed by atoms with Crippen molar-refractivity contribution in [3.63, 3.8) is 0 Å². The number of hydrogen-bond acceptors (Lipinski definition) is 4. The van der Waals surface area contributed by atoms with E-state index in [0.29, 0.717) is 10.8 Å². The summed E-state index contributed by atoms with van der Waals surface area (Å²) in [6, 6.07) is 8.96. The molecule has 1 fully saturated rings. The number of nitrogens with zero attached hydrogens (tertiary/aromatic N) is 1. The molecule has 1 aromatic carbocycles. The lowest BCUT2D eigenvalue weighted by Crippen LogP contribution is -2.35.